The lowest BCUT2D eigenvalue weighted by atomic mass is 10.2. The van der Waals surface area contributed by atoms with Gasteiger partial charge in [-0.05, 0) is 73.6 Å². The molecular formula is C25H25N7OS. The normalized spacial score (nSPS) is 14.0. The van der Waals surface area contributed by atoms with Gasteiger partial charge in [0.25, 0.3) is 0 Å². The SMILES string of the molecule is CSC(=Nc1ccc(Oc2ncccc2-c2ccnc(N)n2)cc1)N/N=C/C1=CCCCC=C1. The van der Waals surface area contributed by atoms with Crippen LogP contribution in [0.1, 0.15) is 19.3 Å². The van der Waals surface area contributed by atoms with Gasteiger partial charge in [-0.1, -0.05) is 30.0 Å². The molecule has 34 heavy (non-hydrogen) atoms. The fourth-order valence-electron chi connectivity index (χ4n) is 3.17. The average molecular weight is 472 g/mol. The Kier molecular flexibility index (Phi) is 8.02. The van der Waals surface area contributed by atoms with E-state index in [1.165, 1.54) is 18.2 Å². The Morgan fingerprint density at radius 3 is 2.82 bits per heavy atom. The Morgan fingerprint density at radius 2 is 2.00 bits per heavy atom. The average Bonchev–Trinajstić information content (AvgIpc) is 3.14. The Bertz CT molecular complexity index is 1240. The molecule has 0 saturated heterocycles. The van der Waals surface area contributed by atoms with Gasteiger partial charge in [0.05, 0.1) is 23.2 Å². The zero-order chi connectivity index (χ0) is 23.6. The number of nitrogens with two attached hydrogens (primary N) is 1. The van der Waals surface area contributed by atoms with Crippen molar-refractivity contribution in [2.45, 2.75) is 19.3 Å². The van der Waals surface area contributed by atoms with Crippen molar-refractivity contribution in [2.75, 3.05) is 12.0 Å². The maximum absolute atomic E-state index is 6.01. The van der Waals surface area contributed by atoms with Crippen molar-refractivity contribution < 1.29 is 4.74 Å². The van der Waals surface area contributed by atoms with Crippen LogP contribution in [0.5, 0.6) is 11.6 Å². The van der Waals surface area contributed by atoms with Gasteiger partial charge in [-0.25, -0.2) is 19.9 Å². The largest absolute Gasteiger partial charge is 0.438 e. The maximum Gasteiger partial charge on any atom is 0.228 e. The molecule has 1 aliphatic rings. The van der Waals surface area contributed by atoms with E-state index in [1.807, 2.05) is 48.9 Å². The lowest BCUT2D eigenvalue weighted by Crippen LogP contribution is -2.13. The van der Waals surface area contributed by atoms with Gasteiger partial charge >= 0.3 is 0 Å². The fraction of sp³-hybridized carbons (Fsp3) is 0.160. The summed E-state index contributed by atoms with van der Waals surface area (Å²) in [4.78, 5) is 17.2. The van der Waals surface area contributed by atoms with Crippen LogP contribution in [0, 0.1) is 0 Å². The molecule has 0 unspecified atom stereocenters. The first kappa shape index (κ1) is 23.2. The number of benzene rings is 1. The van der Waals surface area contributed by atoms with E-state index >= 15 is 0 Å². The third-order valence-electron chi connectivity index (χ3n) is 4.84. The third-order valence-corrected chi connectivity index (χ3v) is 5.40. The molecule has 2 aromatic heterocycles. The van der Waals surface area contributed by atoms with Crippen molar-refractivity contribution in [1.82, 2.24) is 20.4 Å². The minimum absolute atomic E-state index is 0.194. The quantitative estimate of drug-likeness (QED) is 0.277. The fourth-order valence-corrected chi connectivity index (χ4v) is 3.52. The number of hydrogen-bond acceptors (Lipinski definition) is 8. The molecule has 8 nitrogen and oxygen atoms in total. The standard InChI is InChI=1S/C25H25N7OS/c1-34-25(32-29-17-18-7-4-2-3-5-8-18)30-19-10-12-20(13-11-19)33-23-21(9-6-15-27-23)22-14-16-28-24(26)31-22/h4,6-17H,2-3,5H2,1H3,(H,30,32)(H2,26,28,31)/b29-17+. The van der Waals surface area contributed by atoms with Crippen LogP contribution in [0.25, 0.3) is 11.3 Å². The van der Waals surface area contributed by atoms with E-state index < -0.39 is 0 Å². The number of anilines is 1. The van der Waals surface area contributed by atoms with E-state index in [4.69, 9.17) is 10.5 Å². The van der Waals surface area contributed by atoms with Crippen molar-refractivity contribution in [3.63, 3.8) is 0 Å². The molecule has 1 aromatic carbocycles. The summed E-state index contributed by atoms with van der Waals surface area (Å²) in [5.74, 6) is 1.25. The van der Waals surface area contributed by atoms with Gasteiger partial charge in [-0.15, -0.1) is 0 Å². The van der Waals surface area contributed by atoms with Crippen LogP contribution < -0.4 is 15.9 Å². The first-order chi connectivity index (χ1) is 16.7. The van der Waals surface area contributed by atoms with Crippen molar-refractivity contribution in [1.29, 1.82) is 0 Å². The van der Waals surface area contributed by atoms with Gasteiger partial charge in [-0.3, -0.25) is 5.43 Å². The van der Waals surface area contributed by atoms with Crippen LogP contribution in [0.4, 0.5) is 11.6 Å². The number of amidine groups is 1. The summed E-state index contributed by atoms with van der Waals surface area (Å²) in [6.45, 7) is 0. The molecule has 2 heterocycles. The third kappa shape index (κ3) is 6.52. The van der Waals surface area contributed by atoms with E-state index in [0.29, 0.717) is 22.5 Å². The molecule has 3 aromatic rings. The maximum atomic E-state index is 6.01. The van der Waals surface area contributed by atoms with Gasteiger partial charge < -0.3 is 10.5 Å². The lowest BCUT2D eigenvalue weighted by Gasteiger charge is -2.10. The number of aliphatic imine (C=N–C) groups is 1. The monoisotopic (exact) mass is 471 g/mol. The van der Waals surface area contributed by atoms with Gasteiger partial charge in [0.2, 0.25) is 11.8 Å². The molecule has 4 rings (SSSR count). The summed E-state index contributed by atoms with van der Waals surface area (Å²) >= 11 is 1.49. The lowest BCUT2D eigenvalue weighted by molar-refractivity contribution is 0.465. The van der Waals surface area contributed by atoms with Crippen LogP contribution in [-0.2, 0) is 0 Å². The number of hydrazone groups is 1. The summed E-state index contributed by atoms with van der Waals surface area (Å²) < 4.78 is 6.01. The Morgan fingerprint density at radius 1 is 1.12 bits per heavy atom. The van der Waals surface area contributed by atoms with Gasteiger partial charge in [0, 0.05) is 12.4 Å². The molecule has 3 N–H and O–H groups in total. The molecule has 0 fully saturated rings. The zero-order valence-electron chi connectivity index (χ0n) is 18.8. The number of nitrogen functional groups attached to an aromatic ring is 1. The van der Waals surface area contributed by atoms with Crippen molar-refractivity contribution in [3.8, 4) is 22.9 Å². The summed E-state index contributed by atoms with van der Waals surface area (Å²) in [5.41, 5.74) is 12.0. The van der Waals surface area contributed by atoms with E-state index in [-0.39, 0.29) is 5.95 Å². The van der Waals surface area contributed by atoms with Crippen LogP contribution in [0.3, 0.4) is 0 Å². The van der Waals surface area contributed by atoms with E-state index in [2.05, 4.69) is 48.7 Å². The molecule has 1 aliphatic carbocycles. The molecule has 0 bridgehead atoms. The molecule has 0 atom stereocenters. The van der Waals surface area contributed by atoms with Crippen LogP contribution >= 0.6 is 11.8 Å². The van der Waals surface area contributed by atoms with Crippen molar-refractivity contribution >= 4 is 34.8 Å². The highest BCUT2D eigenvalue weighted by Gasteiger charge is 2.10. The van der Waals surface area contributed by atoms with Crippen molar-refractivity contribution in [3.05, 3.63) is 78.7 Å². The minimum atomic E-state index is 0.194. The second-order valence-corrected chi connectivity index (χ2v) is 8.08. The highest BCUT2D eigenvalue weighted by molar-refractivity contribution is 8.13. The Hall–Kier alpha value is -3.98. The first-order valence-electron chi connectivity index (χ1n) is 10.8. The van der Waals surface area contributed by atoms with Crippen LogP contribution in [-0.4, -0.2) is 32.6 Å². The number of nitrogens with zero attached hydrogens (tertiary/aromatic N) is 5. The highest BCUT2D eigenvalue weighted by Crippen LogP contribution is 2.31. The zero-order valence-corrected chi connectivity index (χ0v) is 19.6. The molecule has 0 saturated carbocycles. The number of allylic oxidation sites excluding steroid dienone is 4. The number of hydrogen-bond donors (Lipinski definition) is 2. The Balaban J connectivity index is 1.44. The van der Waals surface area contributed by atoms with Crippen LogP contribution in [0.2, 0.25) is 0 Å². The molecule has 9 heteroatoms. The van der Waals surface area contributed by atoms with Gasteiger partial charge in [-0.2, -0.15) is 5.10 Å². The second kappa shape index (κ2) is 11.8. The predicted molar refractivity (Wildman–Crippen MR) is 140 cm³/mol. The molecule has 0 amide bonds. The van der Waals surface area contributed by atoms with Crippen molar-refractivity contribution in [2.24, 2.45) is 10.1 Å². The molecule has 172 valence electrons. The van der Waals surface area contributed by atoms with Gasteiger partial charge in [0.15, 0.2) is 5.17 Å². The number of ether oxygens (including phenoxy) is 1. The smallest absolute Gasteiger partial charge is 0.228 e. The Labute approximate surface area is 202 Å². The number of rotatable bonds is 6. The summed E-state index contributed by atoms with van der Waals surface area (Å²) in [6, 6.07) is 12.9. The molecule has 0 aliphatic heterocycles. The molecular weight excluding hydrogens is 446 g/mol. The first-order valence-corrected chi connectivity index (χ1v) is 12.0. The van der Waals surface area contributed by atoms with E-state index in [1.54, 1.807) is 18.5 Å². The molecule has 0 spiro atoms. The number of pyridine rings is 1. The van der Waals surface area contributed by atoms with Crippen LogP contribution in [0.15, 0.2) is 88.8 Å². The number of nitrogens with one attached hydrogen (secondary N) is 1. The summed E-state index contributed by atoms with van der Waals surface area (Å²) in [7, 11) is 0. The highest BCUT2D eigenvalue weighted by atomic mass is 32.2. The summed E-state index contributed by atoms with van der Waals surface area (Å²) in [6.07, 6.45) is 16.9. The van der Waals surface area contributed by atoms with Gasteiger partial charge in [0.1, 0.15) is 5.75 Å². The summed E-state index contributed by atoms with van der Waals surface area (Å²) in [5, 5.41) is 5.01. The minimum Gasteiger partial charge on any atom is -0.438 e. The predicted octanol–water partition coefficient (Wildman–Crippen LogP) is 5.51. The number of aromatic nitrogens is 3. The second-order valence-electron chi connectivity index (χ2n) is 7.28. The number of thioether (sulfide) groups is 1. The van der Waals surface area contributed by atoms with E-state index in [9.17, 15) is 0 Å². The molecule has 0 radical (unpaired) electrons. The topological polar surface area (TPSA) is 111 Å². The van der Waals surface area contributed by atoms with E-state index in [0.717, 1.165) is 29.7 Å².